The highest BCUT2D eigenvalue weighted by molar-refractivity contribution is 5.77. The van der Waals surface area contributed by atoms with Gasteiger partial charge in [0, 0.05) is 35.8 Å². The minimum absolute atomic E-state index is 0.398. The Labute approximate surface area is 108 Å². The fourth-order valence-corrected chi connectivity index (χ4v) is 1.87. The molecule has 0 saturated carbocycles. The van der Waals surface area contributed by atoms with Gasteiger partial charge < -0.3 is 5.21 Å². The molecule has 0 bridgehead atoms. The summed E-state index contributed by atoms with van der Waals surface area (Å²) in [4.78, 5) is 11.6. The molecule has 3 aromatic heterocycles. The van der Waals surface area contributed by atoms with Crippen LogP contribution < -0.4 is 0 Å². The summed E-state index contributed by atoms with van der Waals surface area (Å²) < 4.78 is 14.0. The number of hydrogen-bond donors (Lipinski definition) is 1. The van der Waals surface area contributed by atoms with Gasteiger partial charge in [0.05, 0.1) is 0 Å². The van der Waals surface area contributed by atoms with Gasteiger partial charge >= 0.3 is 0 Å². The maximum atomic E-state index is 13.2. The van der Waals surface area contributed by atoms with Gasteiger partial charge in [-0.2, -0.15) is 9.12 Å². The molecule has 3 rings (SSSR count). The van der Waals surface area contributed by atoms with E-state index in [1.807, 2.05) is 6.07 Å². The number of hydrogen-bond acceptors (Lipinski definition) is 4. The Balaban J connectivity index is 2.20. The summed E-state index contributed by atoms with van der Waals surface area (Å²) in [5.41, 5.74) is 2.16. The van der Waals surface area contributed by atoms with E-state index >= 15 is 0 Å². The summed E-state index contributed by atoms with van der Waals surface area (Å²) in [6, 6.07) is 6.43. The van der Waals surface area contributed by atoms with Crippen LogP contribution in [0.1, 0.15) is 0 Å². The van der Waals surface area contributed by atoms with E-state index in [9.17, 15) is 9.60 Å². The first-order valence-corrected chi connectivity index (χ1v) is 5.54. The lowest BCUT2D eigenvalue weighted by Gasteiger charge is -2.05. The summed E-state index contributed by atoms with van der Waals surface area (Å²) in [6.07, 6.45) is 5.87. The predicted molar refractivity (Wildman–Crippen MR) is 65.8 cm³/mol. The van der Waals surface area contributed by atoms with E-state index in [-0.39, 0.29) is 0 Å². The molecule has 0 aliphatic heterocycles. The van der Waals surface area contributed by atoms with Gasteiger partial charge in [-0.1, -0.05) is 0 Å². The Bertz CT molecular complexity index is 712. The average molecular weight is 256 g/mol. The molecule has 19 heavy (non-hydrogen) atoms. The smallest absolute Gasteiger partial charge is 0.213 e. The Morgan fingerprint density at radius 3 is 2.74 bits per heavy atom. The molecule has 0 aromatic carbocycles. The molecular formula is C13H9FN4O. The molecule has 3 heterocycles. The highest BCUT2D eigenvalue weighted by Crippen LogP contribution is 2.29. The van der Waals surface area contributed by atoms with Crippen LogP contribution in [-0.2, 0) is 0 Å². The van der Waals surface area contributed by atoms with Crippen molar-refractivity contribution >= 4 is 0 Å². The van der Waals surface area contributed by atoms with Gasteiger partial charge in [-0.05, 0) is 18.2 Å². The fraction of sp³-hybridized carbons (Fsp3) is 0. The topological polar surface area (TPSA) is 63.8 Å². The number of rotatable bonds is 2. The van der Waals surface area contributed by atoms with Crippen LogP contribution in [0.15, 0.2) is 49.2 Å². The van der Waals surface area contributed by atoms with Crippen LogP contribution in [0.5, 0.6) is 0 Å². The summed E-state index contributed by atoms with van der Waals surface area (Å²) in [5.74, 6) is -0.615. The Morgan fingerprint density at radius 2 is 2.00 bits per heavy atom. The minimum Gasteiger partial charge on any atom is -0.427 e. The van der Waals surface area contributed by atoms with E-state index in [1.54, 1.807) is 24.5 Å². The molecule has 0 aliphatic carbocycles. The second-order valence-electron chi connectivity index (χ2n) is 3.90. The Morgan fingerprint density at radius 1 is 1.11 bits per heavy atom. The molecule has 0 spiro atoms. The van der Waals surface area contributed by atoms with E-state index in [1.165, 1.54) is 18.6 Å². The lowest BCUT2D eigenvalue weighted by atomic mass is 10.1. The first-order valence-electron chi connectivity index (χ1n) is 5.54. The van der Waals surface area contributed by atoms with Crippen molar-refractivity contribution in [1.29, 1.82) is 0 Å². The zero-order valence-corrected chi connectivity index (χ0v) is 9.73. The molecule has 0 unspecified atom stereocenters. The van der Waals surface area contributed by atoms with Crippen molar-refractivity contribution in [3.05, 3.63) is 55.1 Å². The van der Waals surface area contributed by atoms with Crippen LogP contribution in [0.2, 0.25) is 0 Å². The maximum absolute atomic E-state index is 13.2. The predicted octanol–water partition coefficient (Wildman–Crippen LogP) is 2.38. The molecule has 3 aromatic rings. The van der Waals surface area contributed by atoms with Gasteiger partial charge in [-0.15, -0.1) is 0 Å². The number of nitrogens with zero attached hydrogens (tertiary/aromatic N) is 4. The molecule has 0 aliphatic rings. The lowest BCUT2D eigenvalue weighted by Crippen LogP contribution is -1.94. The molecule has 1 N–H and O–H groups in total. The average Bonchev–Trinajstić information content (AvgIpc) is 2.82. The van der Waals surface area contributed by atoms with Crippen molar-refractivity contribution in [3.8, 4) is 22.5 Å². The zero-order chi connectivity index (χ0) is 13.2. The zero-order valence-electron chi connectivity index (χ0n) is 9.73. The molecule has 5 nitrogen and oxygen atoms in total. The van der Waals surface area contributed by atoms with Crippen molar-refractivity contribution in [2.75, 3.05) is 0 Å². The monoisotopic (exact) mass is 256 g/mol. The van der Waals surface area contributed by atoms with Crippen molar-refractivity contribution in [1.82, 2.24) is 19.7 Å². The van der Waals surface area contributed by atoms with E-state index < -0.39 is 5.95 Å². The molecule has 0 amide bonds. The first kappa shape index (κ1) is 11.3. The summed E-state index contributed by atoms with van der Waals surface area (Å²) in [7, 11) is 0. The largest absolute Gasteiger partial charge is 0.427 e. The summed E-state index contributed by atoms with van der Waals surface area (Å²) >= 11 is 0. The number of aromatic nitrogens is 4. The molecule has 6 heteroatoms. The van der Waals surface area contributed by atoms with Gasteiger partial charge in [0.2, 0.25) is 5.95 Å². The van der Waals surface area contributed by atoms with E-state index in [2.05, 4.69) is 15.0 Å². The van der Waals surface area contributed by atoms with Crippen LogP contribution in [0.4, 0.5) is 4.39 Å². The van der Waals surface area contributed by atoms with E-state index in [0.29, 0.717) is 17.0 Å². The van der Waals surface area contributed by atoms with Crippen LogP contribution in [0.3, 0.4) is 0 Å². The van der Waals surface area contributed by atoms with Crippen LogP contribution in [0, 0.1) is 5.95 Å². The lowest BCUT2D eigenvalue weighted by molar-refractivity contribution is 0.190. The van der Waals surface area contributed by atoms with Gasteiger partial charge in [-0.3, -0.25) is 4.98 Å². The highest BCUT2D eigenvalue weighted by atomic mass is 19.1. The molecule has 0 radical (unpaired) electrons. The van der Waals surface area contributed by atoms with Crippen molar-refractivity contribution in [3.63, 3.8) is 0 Å². The number of halogens is 1. The van der Waals surface area contributed by atoms with Gasteiger partial charge in [0.15, 0.2) is 0 Å². The van der Waals surface area contributed by atoms with Crippen LogP contribution in [0.25, 0.3) is 22.5 Å². The minimum atomic E-state index is -0.615. The highest BCUT2D eigenvalue weighted by Gasteiger charge is 2.15. The van der Waals surface area contributed by atoms with Crippen LogP contribution >= 0.6 is 0 Å². The van der Waals surface area contributed by atoms with E-state index in [0.717, 1.165) is 10.3 Å². The Kier molecular flexibility index (Phi) is 2.68. The fourth-order valence-electron chi connectivity index (χ4n) is 1.87. The van der Waals surface area contributed by atoms with E-state index in [4.69, 9.17) is 0 Å². The standard InChI is InChI=1S/C13H9FN4O/c14-11-6-9(3-5-16-11)13-12(17-8-18(13)19)10-2-1-4-15-7-10/h1-8,19H. The number of pyridine rings is 2. The third-order valence-corrected chi connectivity index (χ3v) is 2.68. The SMILES string of the molecule is On1cnc(-c2cccnc2)c1-c1ccnc(F)c1. The molecule has 94 valence electrons. The second-order valence-corrected chi connectivity index (χ2v) is 3.90. The first-order chi connectivity index (χ1) is 9.25. The third-order valence-electron chi connectivity index (χ3n) is 2.68. The van der Waals surface area contributed by atoms with Crippen molar-refractivity contribution < 1.29 is 9.60 Å². The molecular weight excluding hydrogens is 247 g/mol. The summed E-state index contributed by atoms with van der Waals surface area (Å²) in [6.45, 7) is 0. The number of imidazole rings is 1. The molecule has 0 saturated heterocycles. The molecule has 0 fully saturated rings. The van der Waals surface area contributed by atoms with Gasteiger partial charge in [0.25, 0.3) is 0 Å². The van der Waals surface area contributed by atoms with Crippen molar-refractivity contribution in [2.24, 2.45) is 0 Å². The third kappa shape index (κ3) is 2.03. The van der Waals surface area contributed by atoms with Gasteiger partial charge in [0.1, 0.15) is 17.7 Å². The second kappa shape index (κ2) is 4.49. The normalized spacial score (nSPS) is 10.6. The van der Waals surface area contributed by atoms with Gasteiger partial charge in [-0.25, -0.2) is 9.97 Å². The van der Waals surface area contributed by atoms with Crippen LogP contribution in [-0.4, -0.2) is 24.9 Å². The summed E-state index contributed by atoms with van der Waals surface area (Å²) in [5, 5.41) is 9.83. The van der Waals surface area contributed by atoms with Crippen molar-refractivity contribution in [2.45, 2.75) is 0 Å². The molecule has 0 atom stereocenters. The quantitative estimate of drug-likeness (QED) is 0.564. The Hall–Kier alpha value is -2.76. The maximum Gasteiger partial charge on any atom is 0.213 e.